The molecule has 1 heteroatoms. The average Bonchev–Trinajstić information content (AvgIpc) is 1.85. The lowest BCUT2D eigenvalue weighted by molar-refractivity contribution is 0.625. The highest BCUT2D eigenvalue weighted by atomic mass is 32.1. The van der Waals surface area contributed by atoms with Gasteiger partial charge in [0.25, 0.3) is 0 Å². The topological polar surface area (TPSA) is 0 Å². The fourth-order valence-corrected chi connectivity index (χ4v) is 1.82. The fourth-order valence-electron chi connectivity index (χ4n) is 1.62. The number of rotatable bonds is 2. The van der Waals surface area contributed by atoms with Gasteiger partial charge in [-0.25, -0.2) is 0 Å². The average molecular weight is 170 g/mol. The van der Waals surface area contributed by atoms with Crippen LogP contribution in [0.25, 0.3) is 0 Å². The Morgan fingerprint density at radius 1 is 1.45 bits per heavy atom. The quantitative estimate of drug-likeness (QED) is 0.475. The van der Waals surface area contributed by atoms with E-state index in [-0.39, 0.29) is 4.75 Å². The van der Waals surface area contributed by atoms with Gasteiger partial charge in [-0.2, -0.15) is 12.6 Å². The van der Waals surface area contributed by atoms with Gasteiger partial charge in [0.15, 0.2) is 0 Å². The van der Waals surface area contributed by atoms with Crippen molar-refractivity contribution in [1.29, 1.82) is 0 Å². The van der Waals surface area contributed by atoms with E-state index < -0.39 is 0 Å². The van der Waals surface area contributed by atoms with Crippen LogP contribution in [0.5, 0.6) is 0 Å². The van der Waals surface area contributed by atoms with Crippen LogP contribution in [-0.4, -0.2) is 4.75 Å². The molecule has 0 aromatic rings. The molecule has 0 aromatic carbocycles. The summed E-state index contributed by atoms with van der Waals surface area (Å²) in [7, 11) is 0. The van der Waals surface area contributed by atoms with Crippen molar-refractivity contribution in [3.63, 3.8) is 0 Å². The third-order valence-corrected chi connectivity index (χ3v) is 2.20. The summed E-state index contributed by atoms with van der Waals surface area (Å²) >= 11 is 4.52. The number of hydrogen-bond donors (Lipinski definition) is 1. The first-order valence-corrected chi connectivity index (χ1v) is 4.93. The van der Waals surface area contributed by atoms with E-state index in [0.29, 0.717) is 0 Å². The van der Waals surface area contributed by atoms with Crippen molar-refractivity contribution in [3.05, 3.63) is 11.6 Å². The van der Waals surface area contributed by atoms with E-state index in [1.807, 2.05) is 0 Å². The Labute approximate surface area is 75.5 Å². The lowest BCUT2D eigenvalue weighted by Crippen LogP contribution is -2.12. The lowest BCUT2D eigenvalue weighted by atomic mass is 9.92. The van der Waals surface area contributed by atoms with Crippen LogP contribution in [-0.2, 0) is 0 Å². The SMILES string of the molecule is CC(C)(S)CC1=CCCCC1. The highest BCUT2D eigenvalue weighted by Gasteiger charge is 2.14. The van der Waals surface area contributed by atoms with Crippen LogP contribution in [0.4, 0.5) is 0 Å². The van der Waals surface area contributed by atoms with Crippen molar-refractivity contribution in [2.45, 2.75) is 50.7 Å². The van der Waals surface area contributed by atoms with Gasteiger partial charge in [-0.1, -0.05) is 25.5 Å². The largest absolute Gasteiger partial charge is 0.173 e. The van der Waals surface area contributed by atoms with Crippen LogP contribution >= 0.6 is 12.6 Å². The summed E-state index contributed by atoms with van der Waals surface area (Å²) in [4.78, 5) is 0. The Morgan fingerprint density at radius 2 is 2.18 bits per heavy atom. The summed E-state index contributed by atoms with van der Waals surface area (Å²) < 4.78 is 0.184. The zero-order valence-corrected chi connectivity index (χ0v) is 8.45. The van der Waals surface area contributed by atoms with E-state index in [0.717, 1.165) is 6.42 Å². The maximum absolute atomic E-state index is 4.52. The monoisotopic (exact) mass is 170 g/mol. The van der Waals surface area contributed by atoms with Crippen molar-refractivity contribution < 1.29 is 0 Å². The molecular weight excluding hydrogens is 152 g/mol. The van der Waals surface area contributed by atoms with E-state index in [1.165, 1.54) is 25.7 Å². The molecule has 64 valence electrons. The second-order valence-electron chi connectivity index (χ2n) is 4.10. The molecule has 0 unspecified atom stereocenters. The van der Waals surface area contributed by atoms with Crippen LogP contribution in [0.1, 0.15) is 46.0 Å². The van der Waals surface area contributed by atoms with E-state index in [2.05, 4.69) is 32.6 Å². The number of thiol groups is 1. The zero-order chi connectivity index (χ0) is 8.32. The molecule has 0 saturated heterocycles. The fraction of sp³-hybridized carbons (Fsp3) is 0.800. The predicted molar refractivity (Wildman–Crippen MR) is 54.2 cm³/mol. The lowest BCUT2D eigenvalue weighted by Gasteiger charge is -2.21. The minimum atomic E-state index is 0.184. The normalized spacial score (nSPS) is 19.7. The van der Waals surface area contributed by atoms with Crippen LogP contribution < -0.4 is 0 Å². The van der Waals surface area contributed by atoms with E-state index >= 15 is 0 Å². The molecule has 0 radical (unpaired) electrons. The van der Waals surface area contributed by atoms with Crippen molar-refractivity contribution >= 4 is 12.6 Å². The third-order valence-electron chi connectivity index (χ3n) is 2.04. The maximum Gasteiger partial charge on any atom is 0.0110 e. The molecule has 0 aliphatic heterocycles. The Morgan fingerprint density at radius 3 is 2.64 bits per heavy atom. The van der Waals surface area contributed by atoms with Crippen LogP contribution in [0, 0.1) is 0 Å². The highest BCUT2D eigenvalue weighted by Crippen LogP contribution is 2.28. The van der Waals surface area contributed by atoms with Gasteiger partial charge in [0.1, 0.15) is 0 Å². The Hall–Kier alpha value is 0.0900. The first kappa shape index (κ1) is 9.18. The second kappa shape index (κ2) is 3.66. The van der Waals surface area contributed by atoms with Crippen LogP contribution in [0.3, 0.4) is 0 Å². The molecule has 1 aliphatic rings. The molecule has 1 rings (SSSR count). The molecule has 0 fully saturated rings. The zero-order valence-electron chi connectivity index (χ0n) is 7.56. The minimum Gasteiger partial charge on any atom is -0.173 e. The molecule has 0 saturated carbocycles. The Bertz CT molecular complexity index is 151. The van der Waals surface area contributed by atoms with Gasteiger partial charge in [-0.05, 0) is 32.1 Å². The molecule has 0 heterocycles. The van der Waals surface area contributed by atoms with Crippen LogP contribution in [0.2, 0.25) is 0 Å². The standard InChI is InChI=1S/C10H18S/c1-10(2,11)8-9-6-4-3-5-7-9/h6,11H,3-5,7-8H2,1-2H3. The maximum atomic E-state index is 4.52. The van der Waals surface area contributed by atoms with Gasteiger partial charge < -0.3 is 0 Å². The van der Waals surface area contributed by atoms with Gasteiger partial charge >= 0.3 is 0 Å². The van der Waals surface area contributed by atoms with E-state index in [1.54, 1.807) is 5.57 Å². The molecule has 0 spiro atoms. The molecule has 1 aliphatic carbocycles. The Balaban J connectivity index is 2.42. The third kappa shape index (κ3) is 3.85. The molecule has 0 atom stereocenters. The van der Waals surface area contributed by atoms with Crippen molar-refractivity contribution in [1.82, 2.24) is 0 Å². The van der Waals surface area contributed by atoms with E-state index in [4.69, 9.17) is 0 Å². The molecule has 0 aromatic heterocycles. The summed E-state index contributed by atoms with van der Waals surface area (Å²) in [5.74, 6) is 0. The number of allylic oxidation sites excluding steroid dienone is 2. The van der Waals surface area contributed by atoms with Crippen molar-refractivity contribution in [2.75, 3.05) is 0 Å². The van der Waals surface area contributed by atoms with Crippen molar-refractivity contribution in [3.8, 4) is 0 Å². The summed E-state index contributed by atoms with van der Waals surface area (Å²) in [5, 5.41) is 0. The minimum absolute atomic E-state index is 0.184. The first-order valence-electron chi connectivity index (χ1n) is 4.48. The summed E-state index contributed by atoms with van der Waals surface area (Å²) in [6, 6.07) is 0. The summed E-state index contributed by atoms with van der Waals surface area (Å²) in [6.07, 6.45) is 8.94. The molecule has 11 heavy (non-hydrogen) atoms. The molecule has 0 bridgehead atoms. The Kier molecular flexibility index (Phi) is 3.06. The highest BCUT2D eigenvalue weighted by molar-refractivity contribution is 7.81. The van der Waals surface area contributed by atoms with Crippen molar-refractivity contribution in [2.24, 2.45) is 0 Å². The molecular formula is C10H18S. The molecule has 0 nitrogen and oxygen atoms in total. The first-order chi connectivity index (χ1) is 5.08. The smallest absolute Gasteiger partial charge is 0.0110 e. The van der Waals surface area contributed by atoms with E-state index in [9.17, 15) is 0 Å². The summed E-state index contributed by atoms with van der Waals surface area (Å²) in [5.41, 5.74) is 1.62. The van der Waals surface area contributed by atoms with Gasteiger partial charge in [0.2, 0.25) is 0 Å². The van der Waals surface area contributed by atoms with Crippen LogP contribution in [0.15, 0.2) is 11.6 Å². The van der Waals surface area contributed by atoms with Gasteiger partial charge in [-0.3, -0.25) is 0 Å². The second-order valence-corrected chi connectivity index (χ2v) is 5.31. The van der Waals surface area contributed by atoms with Gasteiger partial charge in [-0.15, -0.1) is 0 Å². The molecule has 0 N–H and O–H groups in total. The van der Waals surface area contributed by atoms with Gasteiger partial charge in [0, 0.05) is 4.75 Å². The summed E-state index contributed by atoms with van der Waals surface area (Å²) in [6.45, 7) is 4.37. The number of hydrogen-bond acceptors (Lipinski definition) is 1. The predicted octanol–water partition coefficient (Wildman–Crippen LogP) is 3.59. The van der Waals surface area contributed by atoms with Gasteiger partial charge in [0.05, 0.1) is 0 Å². The molecule has 0 amide bonds.